The predicted octanol–water partition coefficient (Wildman–Crippen LogP) is 16.5. The van der Waals surface area contributed by atoms with Gasteiger partial charge < -0.3 is 14.2 Å². The number of rotatable bonds is 12. The van der Waals surface area contributed by atoms with Gasteiger partial charge >= 0.3 is 0 Å². The highest BCUT2D eigenvalue weighted by molar-refractivity contribution is 5.82. The van der Waals surface area contributed by atoms with E-state index >= 15 is 0 Å². The Bertz CT molecular complexity index is 3160. The number of benzene rings is 9. The summed E-state index contributed by atoms with van der Waals surface area (Å²) < 4.78 is 6.00. The molecule has 0 unspecified atom stereocenters. The van der Waals surface area contributed by atoms with Crippen LogP contribution in [0.25, 0.3) is 57.3 Å². The normalized spacial score (nSPS) is 11.2. The molecule has 0 amide bonds. The molecule has 0 radical (unpaired) electrons. The molecule has 0 bridgehead atoms. The summed E-state index contributed by atoms with van der Waals surface area (Å²) in [5.41, 5.74) is 17.7. The Morgan fingerprint density at radius 2 is 0.646 bits per heavy atom. The molecule has 5 nitrogen and oxygen atoms in total. The van der Waals surface area contributed by atoms with Crippen molar-refractivity contribution in [1.82, 2.24) is 10.2 Å². The van der Waals surface area contributed by atoms with Crippen LogP contribution in [0.3, 0.4) is 0 Å². The summed E-state index contributed by atoms with van der Waals surface area (Å²) in [6, 6.07) is 81.1. The highest BCUT2D eigenvalue weighted by Crippen LogP contribution is 2.38. The van der Waals surface area contributed by atoms with Crippen LogP contribution in [-0.4, -0.2) is 10.2 Å². The monoisotopic (exact) mass is 838 g/mol. The summed E-state index contributed by atoms with van der Waals surface area (Å²) in [6.45, 7) is 4.18. The Hall–Kier alpha value is -8.54. The topological polar surface area (TPSA) is 45.4 Å². The van der Waals surface area contributed by atoms with E-state index in [2.05, 4.69) is 240 Å². The molecule has 312 valence electrons. The van der Waals surface area contributed by atoms with Crippen LogP contribution in [0.4, 0.5) is 34.1 Å². The quantitative estimate of drug-likeness (QED) is 0.115. The van der Waals surface area contributed by atoms with Crippen LogP contribution in [0, 0.1) is 13.8 Å². The highest BCUT2D eigenvalue weighted by atomic mass is 16.4. The van der Waals surface area contributed by atoms with Crippen molar-refractivity contribution in [3.05, 3.63) is 253 Å². The first-order chi connectivity index (χ1) is 32.0. The number of aromatic nitrogens is 2. The van der Waals surface area contributed by atoms with Gasteiger partial charge in [-0.25, -0.2) is 0 Å². The molecule has 0 spiro atoms. The molecule has 0 aliphatic heterocycles. The van der Waals surface area contributed by atoms with Gasteiger partial charge in [0, 0.05) is 45.3 Å². The van der Waals surface area contributed by atoms with Crippen LogP contribution in [0.2, 0.25) is 0 Å². The van der Waals surface area contributed by atoms with Crippen LogP contribution in [-0.2, 0) is 0 Å². The fraction of sp³-hybridized carbons (Fsp3) is 0.0333. The van der Waals surface area contributed by atoms with Gasteiger partial charge in [0.15, 0.2) is 0 Å². The zero-order valence-corrected chi connectivity index (χ0v) is 36.3. The molecule has 0 aliphatic rings. The molecule has 0 N–H and O–H groups in total. The van der Waals surface area contributed by atoms with Crippen LogP contribution in [0.15, 0.2) is 235 Å². The van der Waals surface area contributed by atoms with Crippen molar-refractivity contribution < 1.29 is 4.42 Å². The van der Waals surface area contributed by atoms with E-state index in [0.717, 1.165) is 78.6 Å². The third-order valence-electron chi connectivity index (χ3n) is 11.6. The van der Waals surface area contributed by atoms with E-state index in [1.165, 1.54) is 11.1 Å². The summed E-state index contributed by atoms with van der Waals surface area (Å²) in [6.07, 6.45) is 4.34. The van der Waals surface area contributed by atoms with Gasteiger partial charge in [-0.3, -0.25) is 0 Å². The molecular formula is C60H46N4O. The minimum Gasteiger partial charge on any atom is -0.416 e. The Balaban J connectivity index is 0.844. The summed E-state index contributed by atoms with van der Waals surface area (Å²) in [5.74, 6) is 1.02. The van der Waals surface area contributed by atoms with Crippen LogP contribution in [0.1, 0.15) is 22.3 Å². The largest absolute Gasteiger partial charge is 0.416 e. The Kier molecular flexibility index (Phi) is 11.5. The minimum absolute atomic E-state index is 0.504. The first-order valence-corrected chi connectivity index (χ1v) is 21.9. The van der Waals surface area contributed by atoms with Crippen LogP contribution < -0.4 is 9.80 Å². The number of aryl methyl sites for hydroxylation is 2. The zero-order valence-electron chi connectivity index (χ0n) is 36.3. The lowest BCUT2D eigenvalue weighted by molar-refractivity contribution is 0.584. The molecule has 5 heteroatoms. The highest BCUT2D eigenvalue weighted by Gasteiger charge is 2.16. The van der Waals surface area contributed by atoms with Gasteiger partial charge in [-0.05, 0) is 144 Å². The van der Waals surface area contributed by atoms with Gasteiger partial charge in [0.05, 0.1) is 0 Å². The molecule has 10 aromatic rings. The average molecular weight is 839 g/mol. The Morgan fingerprint density at radius 3 is 1.14 bits per heavy atom. The molecule has 9 aromatic carbocycles. The fourth-order valence-electron chi connectivity index (χ4n) is 8.05. The van der Waals surface area contributed by atoms with E-state index in [1.807, 2.05) is 36.4 Å². The van der Waals surface area contributed by atoms with Crippen molar-refractivity contribution in [1.29, 1.82) is 0 Å². The molecule has 10 rings (SSSR count). The van der Waals surface area contributed by atoms with Gasteiger partial charge in [0.2, 0.25) is 11.8 Å². The van der Waals surface area contributed by atoms with Crippen molar-refractivity contribution in [2.45, 2.75) is 13.8 Å². The molecule has 65 heavy (non-hydrogen) atoms. The van der Waals surface area contributed by atoms with Crippen molar-refractivity contribution in [3.63, 3.8) is 0 Å². The second-order valence-corrected chi connectivity index (χ2v) is 16.2. The van der Waals surface area contributed by atoms with Crippen molar-refractivity contribution in [2.75, 3.05) is 9.80 Å². The lowest BCUT2D eigenvalue weighted by atomic mass is 10.0. The standard InChI is InChI=1S/C60H46N4O/c1-43-16-24-51(25-17-43)59-61-62-60(65-59)52-30-28-48(29-31-52)47-26-22-45(23-27-47)20-21-46-10-9-15-58(42-46)64(54-13-7-4-8-14-54)57-40-34-50(35-41-57)49-32-38-56(39-33-49)63(53-11-5-3-6-12-53)55-36-18-44(2)19-37-55/h3-42H,1-2H3/b21-20+. The number of hydrogen-bond donors (Lipinski definition) is 0. The zero-order chi connectivity index (χ0) is 44.0. The molecule has 0 atom stereocenters. The Morgan fingerprint density at radius 1 is 0.308 bits per heavy atom. The van der Waals surface area contributed by atoms with Gasteiger partial charge in [0.25, 0.3) is 0 Å². The SMILES string of the molecule is Cc1ccc(-c2nnc(-c3ccc(-c4ccc(/C=C/c5cccc(N(c6ccccc6)c6ccc(-c7ccc(N(c8ccccc8)c8ccc(C)cc8)cc7)cc6)c5)cc4)cc3)o2)cc1. The molecule has 1 heterocycles. The predicted molar refractivity (Wildman–Crippen MR) is 270 cm³/mol. The van der Waals surface area contributed by atoms with E-state index in [1.54, 1.807) is 0 Å². The average Bonchev–Trinajstić information content (AvgIpc) is 3.87. The molecule has 0 fully saturated rings. The van der Waals surface area contributed by atoms with Crippen molar-refractivity contribution in [3.8, 4) is 45.2 Å². The van der Waals surface area contributed by atoms with Gasteiger partial charge in [-0.2, -0.15) is 0 Å². The summed E-state index contributed by atoms with van der Waals surface area (Å²) in [5, 5.41) is 8.57. The lowest BCUT2D eigenvalue weighted by Gasteiger charge is -2.26. The van der Waals surface area contributed by atoms with E-state index < -0.39 is 0 Å². The van der Waals surface area contributed by atoms with E-state index in [0.29, 0.717) is 11.8 Å². The molecule has 0 aliphatic carbocycles. The summed E-state index contributed by atoms with van der Waals surface area (Å²) in [4.78, 5) is 4.61. The molecule has 0 saturated carbocycles. The van der Waals surface area contributed by atoms with Crippen LogP contribution in [0.5, 0.6) is 0 Å². The van der Waals surface area contributed by atoms with E-state index in [4.69, 9.17) is 4.42 Å². The van der Waals surface area contributed by atoms with Crippen molar-refractivity contribution >= 4 is 46.3 Å². The van der Waals surface area contributed by atoms with Crippen molar-refractivity contribution in [2.24, 2.45) is 0 Å². The van der Waals surface area contributed by atoms with Gasteiger partial charge in [-0.15, -0.1) is 10.2 Å². The number of anilines is 6. The lowest BCUT2D eigenvalue weighted by Crippen LogP contribution is -2.10. The maximum Gasteiger partial charge on any atom is 0.248 e. The summed E-state index contributed by atoms with van der Waals surface area (Å²) in [7, 11) is 0. The third-order valence-corrected chi connectivity index (χ3v) is 11.6. The summed E-state index contributed by atoms with van der Waals surface area (Å²) >= 11 is 0. The Labute approximate surface area is 380 Å². The fourth-order valence-corrected chi connectivity index (χ4v) is 8.05. The second-order valence-electron chi connectivity index (χ2n) is 16.2. The minimum atomic E-state index is 0.504. The first kappa shape index (κ1) is 40.5. The van der Waals surface area contributed by atoms with E-state index in [9.17, 15) is 0 Å². The van der Waals surface area contributed by atoms with Crippen LogP contribution >= 0.6 is 0 Å². The third kappa shape index (κ3) is 9.17. The van der Waals surface area contributed by atoms with Gasteiger partial charge in [-0.1, -0.05) is 157 Å². The molecule has 1 aromatic heterocycles. The number of nitrogens with zero attached hydrogens (tertiary/aromatic N) is 4. The second kappa shape index (κ2) is 18.4. The first-order valence-electron chi connectivity index (χ1n) is 21.9. The maximum absolute atomic E-state index is 6.00. The molecule has 0 saturated heterocycles. The van der Waals surface area contributed by atoms with E-state index in [-0.39, 0.29) is 0 Å². The smallest absolute Gasteiger partial charge is 0.248 e. The van der Waals surface area contributed by atoms with Gasteiger partial charge in [0.1, 0.15) is 0 Å². The molecular weight excluding hydrogens is 793 g/mol. The number of para-hydroxylation sites is 2. The number of hydrogen-bond acceptors (Lipinski definition) is 5. The maximum atomic E-state index is 6.00.